The Kier molecular flexibility index (Phi) is 6880000. The molecule has 0 unspecified atom stereocenters. The molecule has 0 aromatic heterocycles. The third-order valence-electron chi connectivity index (χ3n) is 0. The van der Waals surface area contributed by atoms with E-state index >= 15 is 0 Å². The Morgan fingerprint density at radius 2 is 1.00 bits per heavy atom. The predicted octanol–water partition coefficient (Wildman–Crippen LogP) is -3.78. The number of carbonyl (C=O) groups excluding carboxylic acids is 1. The van der Waals surface area contributed by atoms with Gasteiger partial charge in [-0.05, 0) is 0 Å². The zero-order valence-corrected chi connectivity index (χ0v) is 4.55. The normalized spacial score (nSPS) is 1.78. The van der Waals surface area contributed by atoms with Crippen LogP contribution in [0.3, 0.4) is 0 Å². The molecule has 9 N–H and O–H groups in total. The van der Waals surface area contributed by atoms with Crippen molar-refractivity contribution in [1.29, 1.82) is 0 Å². The Balaban J connectivity index is -0.00000000357. The first kappa shape index (κ1) is 99.2. The Bertz CT molecular complexity index is 20.9. The lowest BCUT2D eigenvalue weighted by Crippen LogP contribution is -1.49. The minimum absolute atomic E-state index is 0. The summed E-state index contributed by atoms with van der Waals surface area (Å²) in [6, 6.07) is 0. The van der Waals surface area contributed by atoms with Gasteiger partial charge < -0.3 is 31.8 Å². The van der Waals surface area contributed by atoms with Gasteiger partial charge in [-0.2, -0.15) is 0 Å². The molecule has 0 rings (SSSR count). The Labute approximate surface area is 51.2 Å². The zero-order chi connectivity index (χ0) is 4.71. The molecule has 0 saturated heterocycles. The van der Waals surface area contributed by atoms with Crippen molar-refractivity contribution in [2.24, 2.45) is 0 Å². The lowest BCUT2D eigenvalue weighted by atomic mass is 11.7. The van der Waals surface area contributed by atoms with Crippen LogP contribution in [0.25, 0.3) is 0 Å². The highest BCUT2D eigenvalue weighted by atomic mass is 16.3. The van der Waals surface area contributed by atoms with Gasteiger partial charge in [0.25, 0.3) is 6.47 Å². The van der Waals surface area contributed by atoms with Crippen molar-refractivity contribution in [1.82, 2.24) is 0 Å². The molecule has 0 atom stereocenters. The first-order valence-corrected chi connectivity index (χ1v) is 0.783. The molecule has 0 heterocycles. The summed E-state index contributed by atoms with van der Waals surface area (Å²) in [5.74, 6) is 0. The van der Waals surface area contributed by atoms with Crippen molar-refractivity contribution in [2.45, 2.75) is 0 Å². The van der Waals surface area contributed by atoms with E-state index in [0.29, 0.717) is 0 Å². The van der Waals surface area contributed by atoms with Crippen LogP contribution in [0, 0.1) is 0 Å². The SMILES string of the molecule is C=O.O.O.O.O.O=CO. The highest BCUT2D eigenvalue weighted by Crippen LogP contribution is 0.966. The Hall–Kier alpha value is -1.02. The van der Waals surface area contributed by atoms with Crippen LogP contribution in [-0.2, 0) is 9.59 Å². The van der Waals surface area contributed by atoms with Crippen molar-refractivity contribution in [3.8, 4) is 0 Å². The van der Waals surface area contributed by atoms with Gasteiger partial charge in [-0.25, -0.2) is 0 Å². The van der Waals surface area contributed by atoms with E-state index in [1.807, 2.05) is 6.79 Å². The van der Waals surface area contributed by atoms with Crippen LogP contribution in [0.2, 0.25) is 0 Å². The van der Waals surface area contributed by atoms with Crippen molar-refractivity contribution in [3.05, 3.63) is 0 Å². The highest BCUT2D eigenvalue weighted by Gasteiger charge is 1.22. The number of rotatable bonds is 0. The van der Waals surface area contributed by atoms with E-state index in [0.717, 1.165) is 0 Å². The summed E-state index contributed by atoms with van der Waals surface area (Å²) in [6.07, 6.45) is 0. The van der Waals surface area contributed by atoms with E-state index in [4.69, 9.17) is 14.7 Å². The number of carbonyl (C=O) groups is 2. The van der Waals surface area contributed by atoms with Crippen LogP contribution in [-0.4, -0.2) is 40.3 Å². The summed E-state index contributed by atoms with van der Waals surface area (Å²) in [5, 5.41) is 6.89. The second-order valence-corrected chi connectivity index (χ2v) is 0.105. The largest absolute Gasteiger partial charge is 0.483 e. The third kappa shape index (κ3) is 166. The van der Waals surface area contributed by atoms with E-state index in [1.54, 1.807) is 0 Å². The average molecular weight is 148 g/mol. The number of hydrogen-bond donors (Lipinski definition) is 1. The van der Waals surface area contributed by atoms with Crippen LogP contribution in [0.15, 0.2) is 0 Å². The lowest BCUT2D eigenvalue weighted by molar-refractivity contribution is -0.122. The molecule has 0 spiro atoms. The van der Waals surface area contributed by atoms with Crippen molar-refractivity contribution < 1.29 is 36.6 Å². The monoisotopic (exact) mass is 148 g/mol. The summed E-state index contributed by atoms with van der Waals surface area (Å²) in [5.41, 5.74) is 0. The quantitative estimate of drug-likeness (QED) is 0.346. The summed E-state index contributed by atoms with van der Waals surface area (Å²) in [7, 11) is 0. The topological polar surface area (TPSA) is 180 Å². The third-order valence-corrected chi connectivity index (χ3v) is 0. The van der Waals surface area contributed by atoms with Gasteiger partial charge in [0.15, 0.2) is 0 Å². The first-order chi connectivity index (χ1) is 2.41. The van der Waals surface area contributed by atoms with Gasteiger partial charge in [-0.15, -0.1) is 0 Å². The zero-order valence-electron chi connectivity index (χ0n) is 4.55. The Morgan fingerprint density at radius 1 is 1.00 bits per heavy atom. The molecule has 9 heavy (non-hydrogen) atoms. The van der Waals surface area contributed by atoms with Gasteiger partial charge in [0, 0.05) is 0 Å². The number of hydrogen-bond acceptors (Lipinski definition) is 2. The van der Waals surface area contributed by atoms with Crippen LogP contribution in [0.5, 0.6) is 0 Å². The van der Waals surface area contributed by atoms with Gasteiger partial charge in [0.1, 0.15) is 6.79 Å². The van der Waals surface area contributed by atoms with Gasteiger partial charge in [-0.1, -0.05) is 0 Å². The average Bonchev–Trinajstić information content (AvgIpc) is 1.46. The lowest BCUT2D eigenvalue weighted by Gasteiger charge is -1.34. The minimum Gasteiger partial charge on any atom is -0.483 e. The predicted molar refractivity (Wildman–Crippen MR) is 30.3 cm³/mol. The molecule has 0 aliphatic carbocycles. The molecule has 0 amide bonds. The molecular formula is C2H12O7. The molecule has 0 aliphatic heterocycles. The van der Waals surface area contributed by atoms with E-state index in [9.17, 15) is 0 Å². The molecule has 0 radical (unpaired) electrons. The molecule has 7 nitrogen and oxygen atoms in total. The van der Waals surface area contributed by atoms with Crippen LogP contribution in [0.1, 0.15) is 0 Å². The van der Waals surface area contributed by atoms with E-state index < -0.39 is 0 Å². The fourth-order valence-corrected chi connectivity index (χ4v) is 0. The van der Waals surface area contributed by atoms with Crippen molar-refractivity contribution >= 4 is 13.3 Å². The smallest absolute Gasteiger partial charge is 0.290 e. The summed E-state index contributed by atoms with van der Waals surface area (Å²) in [4.78, 5) is 16.4. The molecule has 7 heteroatoms. The summed E-state index contributed by atoms with van der Waals surface area (Å²) < 4.78 is 0. The van der Waals surface area contributed by atoms with Gasteiger partial charge in [-0.3, -0.25) is 4.79 Å². The minimum atomic E-state index is -0.250. The number of carboxylic acid groups (broad SMARTS) is 1. The molecule has 62 valence electrons. The molecule has 0 bridgehead atoms. The summed E-state index contributed by atoms with van der Waals surface area (Å²) >= 11 is 0. The van der Waals surface area contributed by atoms with E-state index in [1.165, 1.54) is 0 Å². The molecule has 0 aromatic rings. The van der Waals surface area contributed by atoms with Gasteiger partial charge in [0.05, 0.1) is 0 Å². The second-order valence-electron chi connectivity index (χ2n) is 0.105. The summed E-state index contributed by atoms with van der Waals surface area (Å²) in [6.45, 7) is 1.75. The maximum atomic E-state index is 8.36. The van der Waals surface area contributed by atoms with Crippen LogP contribution < -0.4 is 0 Å². The fourth-order valence-electron chi connectivity index (χ4n) is 0. The standard InChI is InChI=1S/CH2O2.CH2O.4H2O/c2-1-3;1-2;;;;/h1H,(H,2,3);1H2;4*1H2. The molecule has 0 saturated carbocycles. The van der Waals surface area contributed by atoms with Crippen LogP contribution >= 0.6 is 0 Å². The Morgan fingerprint density at radius 3 is 1.00 bits per heavy atom. The van der Waals surface area contributed by atoms with E-state index in [-0.39, 0.29) is 28.4 Å². The first-order valence-electron chi connectivity index (χ1n) is 0.783. The fraction of sp³-hybridized carbons (Fsp3) is 0. The molecule has 0 aromatic carbocycles. The molecular weight excluding hydrogens is 136 g/mol. The maximum absolute atomic E-state index is 8.36. The molecule has 0 aliphatic rings. The second kappa shape index (κ2) is 624000. The van der Waals surface area contributed by atoms with Crippen molar-refractivity contribution in [3.63, 3.8) is 0 Å². The maximum Gasteiger partial charge on any atom is 0.290 e. The van der Waals surface area contributed by atoms with Gasteiger partial charge >= 0.3 is 0 Å². The van der Waals surface area contributed by atoms with E-state index in [2.05, 4.69) is 0 Å². The highest BCUT2D eigenvalue weighted by molar-refractivity contribution is 5.32. The van der Waals surface area contributed by atoms with Gasteiger partial charge in [0.2, 0.25) is 0 Å². The molecule has 0 fully saturated rings. The van der Waals surface area contributed by atoms with Crippen LogP contribution in [0.4, 0.5) is 0 Å². The van der Waals surface area contributed by atoms with Crippen molar-refractivity contribution in [2.75, 3.05) is 0 Å².